The van der Waals surface area contributed by atoms with Crippen LogP contribution in [0.25, 0.3) is 0 Å². The first-order chi connectivity index (χ1) is 9.61. The van der Waals surface area contributed by atoms with Crippen molar-refractivity contribution in [1.82, 2.24) is 0 Å². The van der Waals surface area contributed by atoms with Crippen molar-refractivity contribution < 1.29 is 19.0 Å². The predicted octanol–water partition coefficient (Wildman–Crippen LogP) is 0.883. The highest BCUT2D eigenvalue weighted by atomic mass is 16.6. The summed E-state index contributed by atoms with van der Waals surface area (Å²) < 4.78 is 17.0. The highest BCUT2D eigenvalue weighted by Gasteiger charge is 2.58. The van der Waals surface area contributed by atoms with Crippen LogP contribution in [0.5, 0.6) is 0 Å². The van der Waals surface area contributed by atoms with E-state index in [1.165, 1.54) is 0 Å². The maximum atomic E-state index is 12.0. The summed E-state index contributed by atoms with van der Waals surface area (Å²) in [5.41, 5.74) is 0.505. The normalized spacial score (nSPS) is 35.1. The minimum Gasteiger partial charge on any atom is -0.461 e. The molecule has 4 nitrogen and oxygen atoms in total. The number of ether oxygens (including phenoxy) is 3. The molecule has 2 saturated heterocycles. The predicted molar refractivity (Wildman–Crippen MR) is 75.9 cm³/mol. The van der Waals surface area contributed by atoms with Crippen LogP contribution in [0.2, 0.25) is 0 Å². The van der Waals surface area contributed by atoms with Gasteiger partial charge in [-0.05, 0) is 5.56 Å². The molecule has 0 aromatic heterocycles. The molecule has 0 N–H and O–H groups in total. The third-order valence-corrected chi connectivity index (χ3v) is 4.41. The second-order valence-corrected chi connectivity index (χ2v) is 5.78. The van der Waals surface area contributed by atoms with E-state index in [1.807, 2.05) is 38.2 Å². The van der Waals surface area contributed by atoms with Gasteiger partial charge in [-0.15, -0.1) is 0 Å². The summed E-state index contributed by atoms with van der Waals surface area (Å²) >= 11 is 0. The summed E-state index contributed by atoms with van der Waals surface area (Å²) in [4.78, 5) is 12.0. The van der Waals surface area contributed by atoms with Crippen molar-refractivity contribution >= 4 is 13.8 Å². The quantitative estimate of drug-likeness (QED) is 0.604. The second kappa shape index (κ2) is 5.22. The number of esters is 1. The van der Waals surface area contributed by atoms with Crippen LogP contribution in [-0.2, 0) is 25.6 Å². The fraction of sp³-hybridized carbons (Fsp3) is 0.533. The molecule has 1 aromatic carbocycles. The molecule has 20 heavy (non-hydrogen) atoms. The topological polar surface area (TPSA) is 44.8 Å². The van der Waals surface area contributed by atoms with E-state index >= 15 is 0 Å². The van der Waals surface area contributed by atoms with Crippen molar-refractivity contribution in [3.8, 4) is 0 Å². The molecule has 106 valence electrons. The van der Waals surface area contributed by atoms with Crippen LogP contribution < -0.4 is 0 Å². The second-order valence-electron chi connectivity index (χ2n) is 5.78. The van der Waals surface area contributed by atoms with Gasteiger partial charge in [0.2, 0.25) is 0 Å². The van der Waals surface area contributed by atoms with Gasteiger partial charge in [-0.1, -0.05) is 37.3 Å². The summed E-state index contributed by atoms with van der Waals surface area (Å²) in [6.07, 6.45) is 0.374. The molecule has 2 bridgehead atoms. The van der Waals surface area contributed by atoms with Crippen LogP contribution in [0.15, 0.2) is 30.3 Å². The van der Waals surface area contributed by atoms with Crippen LogP contribution >= 0.6 is 0 Å². The number of carbonyl (C=O) groups is 1. The Morgan fingerprint density at radius 2 is 2.20 bits per heavy atom. The number of rotatable bonds is 4. The van der Waals surface area contributed by atoms with Gasteiger partial charge < -0.3 is 14.2 Å². The van der Waals surface area contributed by atoms with Crippen LogP contribution in [0.1, 0.15) is 18.9 Å². The molecule has 3 rings (SSSR count). The molecule has 0 spiro atoms. The van der Waals surface area contributed by atoms with Crippen molar-refractivity contribution in [2.45, 2.75) is 37.7 Å². The summed E-state index contributed by atoms with van der Waals surface area (Å²) in [5.74, 6) is 0.0147. The molecule has 2 fully saturated rings. The largest absolute Gasteiger partial charge is 0.461 e. The van der Waals surface area contributed by atoms with Gasteiger partial charge in [-0.3, -0.25) is 4.79 Å². The van der Waals surface area contributed by atoms with Crippen molar-refractivity contribution in [1.29, 1.82) is 0 Å². The molecule has 0 aliphatic carbocycles. The zero-order valence-corrected chi connectivity index (χ0v) is 11.9. The molecule has 5 heteroatoms. The Bertz CT molecular complexity index is 492. The lowest BCUT2D eigenvalue weighted by Crippen LogP contribution is -2.40. The summed E-state index contributed by atoms with van der Waals surface area (Å²) in [6.45, 7) is 2.89. The van der Waals surface area contributed by atoms with E-state index in [0.717, 1.165) is 5.56 Å². The van der Waals surface area contributed by atoms with Gasteiger partial charge in [-0.2, -0.15) is 0 Å². The van der Waals surface area contributed by atoms with Crippen molar-refractivity contribution in [3.05, 3.63) is 35.9 Å². The SMILES string of the molecule is B[C@@H]1O[C@@]2(CC(=O)OCc3ccccc3)CO[C@H]1C2C. The lowest BCUT2D eigenvalue weighted by Gasteiger charge is -2.29. The van der Waals surface area contributed by atoms with E-state index in [-0.39, 0.29) is 30.4 Å². The Kier molecular flexibility index (Phi) is 3.56. The van der Waals surface area contributed by atoms with Gasteiger partial charge in [-0.25, -0.2) is 0 Å². The smallest absolute Gasteiger partial charge is 0.309 e. The number of carbonyl (C=O) groups excluding carboxylic acids is 1. The van der Waals surface area contributed by atoms with Gasteiger partial charge in [0.15, 0.2) is 0 Å². The molecule has 2 aliphatic heterocycles. The Labute approximate surface area is 119 Å². The first kappa shape index (κ1) is 13.6. The zero-order chi connectivity index (χ0) is 14.2. The lowest BCUT2D eigenvalue weighted by molar-refractivity contribution is -0.160. The first-order valence-electron chi connectivity index (χ1n) is 7.10. The fourth-order valence-electron chi connectivity index (χ4n) is 3.22. The standard InChI is InChI=1S/C15H19BO4/c1-10-13-14(16)20-15(10,9-19-13)7-12(17)18-8-11-5-3-2-4-6-11/h2-6,10,13-14H,7-9,16H2,1H3/t10?,13-,14+,15-/m0/s1. The fourth-order valence-corrected chi connectivity index (χ4v) is 3.22. The van der Waals surface area contributed by atoms with E-state index in [4.69, 9.17) is 14.2 Å². The van der Waals surface area contributed by atoms with Crippen LogP contribution in [0, 0.1) is 5.92 Å². The molecular formula is C15H19BO4. The van der Waals surface area contributed by atoms with E-state index in [1.54, 1.807) is 0 Å². The van der Waals surface area contributed by atoms with Gasteiger partial charge in [0.1, 0.15) is 20.1 Å². The molecule has 0 saturated carbocycles. The Hall–Kier alpha value is -1.33. The van der Waals surface area contributed by atoms with E-state index < -0.39 is 5.60 Å². The summed E-state index contributed by atoms with van der Waals surface area (Å²) in [7, 11) is 2.00. The molecule has 0 amide bonds. The molecule has 1 aromatic rings. The Balaban J connectivity index is 1.57. The maximum absolute atomic E-state index is 12.0. The zero-order valence-electron chi connectivity index (χ0n) is 11.9. The molecule has 0 radical (unpaired) electrons. The van der Waals surface area contributed by atoms with Gasteiger partial charge in [0.25, 0.3) is 0 Å². The van der Waals surface area contributed by atoms with Gasteiger partial charge >= 0.3 is 5.97 Å². The van der Waals surface area contributed by atoms with Crippen LogP contribution in [-0.4, -0.2) is 38.1 Å². The van der Waals surface area contributed by atoms with Crippen molar-refractivity contribution in [3.63, 3.8) is 0 Å². The average molecular weight is 274 g/mol. The van der Waals surface area contributed by atoms with Crippen molar-refractivity contribution in [2.24, 2.45) is 5.92 Å². The highest BCUT2D eigenvalue weighted by molar-refractivity contribution is 6.11. The highest BCUT2D eigenvalue weighted by Crippen LogP contribution is 2.45. The molecule has 2 heterocycles. The van der Waals surface area contributed by atoms with Gasteiger partial charge in [0, 0.05) is 5.92 Å². The third kappa shape index (κ3) is 2.36. The Morgan fingerprint density at radius 1 is 1.45 bits per heavy atom. The number of hydrogen-bond donors (Lipinski definition) is 0. The lowest BCUT2D eigenvalue weighted by atomic mass is 9.84. The minimum absolute atomic E-state index is 0.0562. The van der Waals surface area contributed by atoms with E-state index in [2.05, 4.69) is 6.92 Å². The molecule has 1 unspecified atom stereocenters. The summed E-state index contributed by atoms with van der Waals surface area (Å²) in [5, 5.41) is 0. The number of hydrogen-bond acceptors (Lipinski definition) is 4. The third-order valence-electron chi connectivity index (χ3n) is 4.41. The molecule has 2 aliphatic rings. The Morgan fingerprint density at radius 3 is 2.80 bits per heavy atom. The maximum Gasteiger partial charge on any atom is 0.309 e. The number of benzene rings is 1. The number of fused-ring (bicyclic) bond motifs is 2. The van der Waals surface area contributed by atoms with Crippen LogP contribution in [0.3, 0.4) is 0 Å². The van der Waals surface area contributed by atoms with E-state index in [0.29, 0.717) is 13.2 Å². The monoisotopic (exact) mass is 274 g/mol. The van der Waals surface area contributed by atoms with Gasteiger partial charge in [0.05, 0.1) is 25.1 Å². The van der Waals surface area contributed by atoms with Crippen molar-refractivity contribution in [2.75, 3.05) is 6.61 Å². The molecular weight excluding hydrogens is 255 g/mol. The first-order valence-corrected chi connectivity index (χ1v) is 7.10. The minimum atomic E-state index is -0.488. The average Bonchev–Trinajstić information content (AvgIpc) is 2.86. The summed E-state index contributed by atoms with van der Waals surface area (Å²) in [6, 6.07) is 9.74. The molecule has 4 atom stereocenters. The van der Waals surface area contributed by atoms with E-state index in [9.17, 15) is 4.79 Å². The van der Waals surface area contributed by atoms with Crippen LogP contribution in [0.4, 0.5) is 0 Å².